The van der Waals surface area contributed by atoms with E-state index in [0.717, 1.165) is 10.0 Å². The summed E-state index contributed by atoms with van der Waals surface area (Å²) in [5.74, 6) is -0.388. The first-order chi connectivity index (χ1) is 8.09. The molecule has 2 aromatic rings. The molecule has 2 aromatic carbocycles. The van der Waals surface area contributed by atoms with Crippen LogP contribution in [0.5, 0.6) is 0 Å². The molecule has 0 fully saturated rings. The van der Waals surface area contributed by atoms with Crippen LogP contribution in [0.3, 0.4) is 0 Å². The SMILES string of the molecule is Cc1cc(C(O)c2ccccc2F)ccc1Br. The smallest absolute Gasteiger partial charge is 0.129 e. The third kappa shape index (κ3) is 2.56. The summed E-state index contributed by atoms with van der Waals surface area (Å²) in [7, 11) is 0. The average Bonchev–Trinajstić information content (AvgIpc) is 2.32. The van der Waals surface area contributed by atoms with Gasteiger partial charge >= 0.3 is 0 Å². The van der Waals surface area contributed by atoms with Gasteiger partial charge in [0.25, 0.3) is 0 Å². The summed E-state index contributed by atoms with van der Waals surface area (Å²) >= 11 is 3.39. The number of aliphatic hydroxyl groups excluding tert-OH is 1. The topological polar surface area (TPSA) is 20.2 Å². The lowest BCUT2D eigenvalue weighted by molar-refractivity contribution is 0.215. The summed E-state index contributed by atoms with van der Waals surface area (Å²) in [5, 5.41) is 10.1. The van der Waals surface area contributed by atoms with E-state index in [0.29, 0.717) is 11.1 Å². The third-order valence-corrected chi connectivity index (χ3v) is 3.59. The summed E-state index contributed by atoms with van der Waals surface area (Å²) < 4.78 is 14.5. The minimum absolute atomic E-state index is 0.300. The molecule has 0 heterocycles. The monoisotopic (exact) mass is 294 g/mol. The van der Waals surface area contributed by atoms with Gasteiger partial charge in [0.2, 0.25) is 0 Å². The first kappa shape index (κ1) is 12.3. The van der Waals surface area contributed by atoms with Crippen LogP contribution in [0.25, 0.3) is 0 Å². The molecule has 1 unspecified atom stereocenters. The number of rotatable bonds is 2. The van der Waals surface area contributed by atoms with Gasteiger partial charge in [0, 0.05) is 10.0 Å². The van der Waals surface area contributed by atoms with Gasteiger partial charge in [0.1, 0.15) is 11.9 Å². The lowest BCUT2D eigenvalue weighted by Gasteiger charge is -2.13. The normalized spacial score (nSPS) is 12.5. The number of benzene rings is 2. The second-order valence-corrected chi connectivity index (χ2v) is 4.79. The van der Waals surface area contributed by atoms with Crippen molar-refractivity contribution in [1.29, 1.82) is 0 Å². The van der Waals surface area contributed by atoms with Crippen molar-refractivity contribution in [1.82, 2.24) is 0 Å². The standard InChI is InChI=1S/C14H12BrFO/c1-9-8-10(6-7-12(9)15)14(17)11-4-2-3-5-13(11)16/h2-8,14,17H,1H3. The Balaban J connectivity index is 2.40. The number of aliphatic hydroxyl groups is 1. The highest BCUT2D eigenvalue weighted by Gasteiger charge is 2.14. The van der Waals surface area contributed by atoms with E-state index >= 15 is 0 Å². The van der Waals surface area contributed by atoms with E-state index in [2.05, 4.69) is 15.9 Å². The van der Waals surface area contributed by atoms with E-state index in [9.17, 15) is 9.50 Å². The van der Waals surface area contributed by atoms with E-state index in [1.165, 1.54) is 6.07 Å². The lowest BCUT2D eigenvalue weighted by atomic mass is 10.00. The van der Waals surface area contributed by atoms with Crippen molar-refractivity contribution in [3.63, 3.8) is 0 Å². The van der Waals surface area contributed by atoms with Gasteiger partial charge in [-0.05, 0) is 30.2 Å². The van der Waals surface area contributed by atoms with Crippen LogP contribution in [-0.4, -0.2) is 5.11 Å². The van der Waals surface area contributed by atoms with Crippen LogP contribution in [0, 0.1) is 12.7 Å². The summed E-state index contributed by atoms with van der Waals surface area (Å²) in [5.41, 5.74) is 2.00. The molecule has 88 valence electrons. The van der Waals surface area contributed by atoms with Gasteiger partial charge in [0.15, 0.2) is 0 Å². The van der Waals surface area contributed by atoms with Gasteiger partial charge in [-0.1, -0.05) is 46.3 Å². The molecule has 0 amide bonds. The van der Waals surface area contributed by atoms with Crippen molar-refractivity contribution < 1.29 is 9.50 Å². The zero-order valence-electron chi connectivity index (χ0n) is 9.32. The molecule has 1 atom stereocenters. The first-order valence-corrected chi connectivity index (χ1v) is 6.07. The van der Waals surface area contributed by atoms with E-state index in [1.807, 2.05) is 19.1 Å². The maximum atomic E-state index is 13.5. The Bertz CT molecular complexity index is 539. The lowest BCUT2D eigenvalue weighted by Crippen LogP contribution is -2.02. The van der Waals surface area contributed by atoms with Crippen LogP contribution in [0.1, 0.15) is 22.8 Å². The fraction of sp³-hybridized carbons (Fsp3) is 0.143. The van der Waals surface area contributed by atoms with Crippen molar-refractivity contribution in [3.05, 3.63) is 69.4 Å². The number of hydrogen-bond donors (Lipinski definition) is 1. The fourth-order valence-electron chi connectivity index (χ4n) is 1.71. The van der Waals surface area contributed by atoms with Gasteiger partial charge in [-0.2, -0.15) is 0 Å². The van der Waals surface area contributed by atoms with Crippen molar-refractivity contribution in [3.8, 4) is 0 Å². The molecular formula is C14H12BrFO. The maximum absolute atomic E-state index is 13.5. The number of aryl methyl sites for hydroxylation is 1. The van der Waals surface area contributed by atoms with Gasteiger partial charge in [0.05, 0.1) is 0 Å². The molecule has 0 saturated carbocycles. The fourth-order valence-corrected chi connectivity index (χ4v) is 1.96. The summed E-state index contributed by atoms with van der Waals surface area (Å²) in [6, 6.07) is 11.8. The predicted octanol–water partition coefficient (Wildman–Crippen LogP) is 3.98. The van der Waals surface area contributed by atoms with Crippen LogP contribution < -0.4 is 0 Å². The molecule has 0 aliphatic rings. The summed E-state index contributed by atoms with van der Waals surface area (Å²) in [6.45, 7) is 1.93. The Hall–Kier alpha value is -1.19. The molecule has 1 nitrogen and oxygen atoms in total. The largest absolute Gasteiger partial charge is 0.384 e. The molecule has 0 aliphatic carbocycles. The van der Waals surface area contributed by atoms with Crippen molar-refractivity contribution in [2.75, 3.05) is 0 Å². The molecule has 0 saturated heterocycles. The van der Waals surface area contributed by atoms with Crippen LogP contribution in [0.4, 0.5) is 4.39 Å². The quantitative estimate of drug-likeness (QED) is 0.888. The molecule has 0 radical (unpaired) electrons. The Morgan fingerprint density at radius 2 is 1.88 bits per heavy atom. The molecule has 0 spiro atoms. The second kappa shape index (κ2) is 4.98. The van der Waals surface area contributed by atoms with Crippen molar-refractivity contribution >= 4 is 15.9 Å². The van der Waals surface area contributed by atoms with Gasteiger partial charge in [-0.25, -0.2) is 4.39 Å². The molecule has 2 rings (SSSR count). The molecule has 0 aliphatic heterocycles. The van der Waals surface area contributed by atoms with E-state index in [-0.39, 0.29) is 5.82 Å². The first-order valence-electron chi connectivity index (χ1n) is 5.28. The summed E-state index contributed by atoms with van der Waals surface area (Å²) in [6.07, 6.45) is -0.928. The summed E-state index contributed by atoms with van der Waals surface area (Å²) in [4.78, 5) is 0. The Kier molecular flexibility index (Phi) is 3.60. The highest BCUT2D eigenvalue weighted by Crippen LogP contribution is 2.27. The van der Waals surface area contributed by atoms with Crippen molar-refractivity contribution in [2.45, 2.75) is 13.0 Å². The molecule has 0 bridgehead atoms. The molecule has 1 N–H and O–H groups in total. The van der Waals surface area contributed by atoms with Gasteiger partial charge in [-0.15, -0.1) is 0 Å². The minimum atomic E-state index is -0.928. The molecule has 0 aromatic heterocycles. The highest BCUT2D eigenvalue weighted by atomic mass is 79.9. The van der Waals surface area contributed by atoms with E-state index < -0.39 is 6.10 Å². The van der Waals surface area contributed by atoms with Crippen LogP contribution >= 0.6 is 15.9 Å². The van der Waals surface area contributed by atoms with Crippen molar-refractivity contribution in [2.24, 2.45) is 0 Å². The Labute approximate surface area is 108 Å². The molecule has 3 heteroatoms. The number of halogens is 2. The highest BCUT2D eigenvalue weighted by molar-refractivity contribution is 9.10. The molecule has 17 heavy (non-hydrogen) atoms. The van der Waals surface area contributed by atoms with Crippen LogP contribution in [0.15, 0.2) is 46.9 Å². The van der Waals surface area contributed by atoms with Gasteiger partial charge in [-0.3, -0.25) is 0 Å². The van der Waals surface area contributed by atoms with E-state index in [1.54, 1.807) is 24.3 Å². The Morgan fingerprint density at radius 3 is 2.53 bits per heavy atom. The van der Waals surface area contributed by atoms with Crippen LogP contribution in [0.2, 0.25) is 0 Å². The zero-order chi connectivity index (χ0) is 12.4. The molecular weight excluding hydrogens is 283 g/mol. The minimum Gasteiger partial charge on any atom is -0.384 e. The second-order valence-electron chi connectivity index (χ2n) is 3.93. The Morgan fingerprint density at radius 1 is 1.18 bits per heavy atom. The van der Waals surface area contributed by atoms with Gasteiger partial charge < -0.3 is 5.11 Å². The number of hydrogen-bond acceptors (Lipinski definition) is 1. The zero-order valence-corrected chi connectivity index (χ0v) is 10.9. The average molecular weight is 295 g/mol. The van der Waals surface area contributed by atoms with Crippen LogP contribution in [-0.2, 0) is 0 Å². The third-order valence-electron chi connectivity index (χ3n) is 2.70. The maximum Gasteiger partial charge on any atom is 0.129 e. The predicted molar refractivity (Wildman–Crippen MR) is 69.3 cm³/mol. The van der Waals surface area contributed by atoms with E-state index in [4.69, 9.17) is 0 Å².